The van der Waals surface area contributed by atoms with Crippen molar-refractivity contribution in [3.05, 3.63) is 29.9 Å². The average molecular weight is 291 g/mol. The summed E-state index contributed by atoms with van der Waals surface area (Å²) in [6.45, 7) is 0. The third-order valence-electron chi connectivity index (χ3n) is 3.98. The van der Waals surface area contributed by atoms with Crippen LogP contribution in [0.4, 0.5) is 4.39 Å². The van der Waals surface area contributed by atoms with Gasteiger partial charge in [-0.05, 0) is 31.0 Å². The van der Waals surface area contributed by atoms with Crippen molar-refractivity contribution in [1.29, 1.82) is 0 Å². The quantitative estimate of drug-likeness (QED) is 0.937. The molecule has 1 aromatic carbocycles. The first-order valence-corrected chi connectivity index (χ1v) is 7.05. The Morgan fingerprint density at radius 3 is 2.86 bits per heavy atom. The number of methoxy groups -OCH3 is 1. The fourth-order valence-corrected chi connectivity index (χ4v) is 2.80. The zero-order valence-electron chi connectivity index (χ0n) is 11.9. The summed E-state index contributed by atoms with van der Waals surface area (Å²) in [5, 5.41) is 3.95. The number of nitrogens with two attached hydrogens (primary N) is 1. The Balaban J connectivity index is 1.81. The van der Waals surface area contributed by atoms with Crippen molar-refractivity contribution in [2.75, 3.05) is 7.11 Å². The van der Waals surface area contributed by atoms with Crippen molar-refractivity contribution in [2.24, 2.45) is 5.73 Å². The lowest BCUT2D eigenvalue weighted by molar-refractivity contribution is 0.329. The third-order valence-corrected chi connectivity index (χ3v) is 3.98. The third kappa shape index (κ3) is 2.90. The minimum absolute atomic E-state index is 0.157. The Bertz CT molecular complexity index is 636. The van der Waals surface area contributed by atoms with Gasteiger partial charge in [0, 0.05) is 17.5 Å². The van der Waals surface area contributed by atoms with E-state index in [0.717, 1.165) is 25.7 Å². The van der Waals surface area contributed by atoms with Gasteiger partial charge in [-0.3, -0.25) is 0 Å². The van der Waals surface area contributed by atoms with Gasteiger partial charge in [-0.15, -0.1) is 0 Å². The van der Waals surface area contributed by atoms with Gasteiger partial charge in [-0.1, -0.05) is 18.0 Å². The van der Waals surface area contributed by atoms with Crippen LogP contribution in [0.15, 0.2) is 22.7 Å². The molecule has 1 aromatic heterocycles. The molecule has 0 saturated heterocycles. The molecule has 112 valence electrons. The van der Waals surface area contributed by atoms with E-state index in [9.17, 15) is 4.39 Å². The van der Waals surface area contributed by atoms with E-state index in [2.05, 4.69) is 10.1 Å². The molecule has 1 saturated carbocycles. The molecule has 6 heteroatoms. The van der Waals surface area contributed by atoms with Gasteiger partial charge >= 0.3 is 0 Å². The highest BCUT2D eigenvalue weighted by Crippen LogP contribution is 2.31. The second-order valence-corrected chi connectivity index (χ2v) is 5.61. The molecule has 3 rings (SSSR count). The SMILES string of the molecule is COc1cc(-c2noc(CC3(N)CCCC3)n2)ccc1F. The molecule has 1 fully saturated rings. The summed E-state index contributed by atoms with van der Waals surface area (Å²) in [5.74, 6) is 0.685. The summed E-state index contributed by atoms with van der Waals surface area (Å²) in [7, 11) is 1.42. The Morgan fingerprint density at radius 2 is 2.14 bits per heavy atom. The van der Waals surface area contributed by atoms with Gasteiger partial charge in [0.05, 0.1) is 7.11 Å². The van der Waals surface area contributed by atoms with Crippen molar-refractivity contribution in [2.45, 2.75) is 37.6 Å². The highest BCUT2D eigenvalue weighted by atomic mass is 19.1. The Hall–Kier alpha value is -1.95. The van der Waals surface area contributed by atoms with E-state index in [-0.39, 0.29) is 11.3 Å². The number of rotatable bonds is 4. The van der Waals surface area contributed by atoms with E-state index in [4.69, 9.17) is 15.0 Å². The van der Waals surface area contributed by atoms with E-state index < -0.39 is 5.82 Å². The lowest BCUT2D eigenvalue weighted by atomic mass is 9.95. The second kappa shape index (κ2) is 5.44. The van der Waals surface area contributed by atoms with Crippen LogP contribution < -0.4 is 10.5 Å². The number of benzene rings is 1. The largest absolute Gasteiger partial charge is 0.494 e. The standard InChI is InChI=1S/C15H18FN3O2/c1-20-12-8-10(4-5-11(12)16)14-18-13(21-19-14)9-15(17)6-2-3-7-15/h4-5,8H,2-3,6-7,9,17H2,1H3. The lowest BCUT2D eigenvalue weighted by Gasteiger charge is -2.20. The van der Waals surface area contributed by atoms with Crippen LogP contribution in [0.3, 0.4) is 0 Å². The monoisotopic (exact) mass is 291 g/mol. The van der Waals surface area contributed by atoms with Crippen LogP contribution in [0.5, 0.6) is 5.75 Å². The molecular weight excluding hydrogens is 273 g/mol. The zero-order chi connectivity index (χ0) is 14.9. The average Bonchev–Trinajstić information content (AvgIpc) is 3.09. The fourth-order valence-electron chi connectivity index (χ4n) is 2.80. The van der Waals surface area contributed by atoms with Gasteiger partial charge in [-0.2, -0.15) is 4.98 Å². The Morgan fingerprint density at radius 1 is 1.38 bits per heavy atom. The molecule has 1 aliphatic carbocycles. The molecule has 0 unspecified atom stereocenters. The molecule has 0 atom stereocenters. The summed E-state index contributed by atoms with van der Waals surface area (Å²) < 4.78 is 23.6. The molecule has 0 radical (unpaired) electrons. The van der Waals surface area contributed by atoms with Crippen LogP contribution in [0.2, 0.25) is 0 Å². The molecule has 0 amide bonds. The first-order valence-electron chi connectivity index (χ1n) is 7.05. The maximum Gasteiger partial charge on any atom is 0.228 e. The second-order valence-electron chi connectivity index (χ2n) is 5.61. The molecule has 21 heavy (non-hydrogen) atoms. The van der Waals surface area contributed by atoms with Crippen molar-refractivity contribution in [1.82, 2.24) is 10.1 Å². The topological polar surface area (TPSA) is 74.2 Å². The van der Waals surface area contributed by atoms with E-state index in [1.165, 1.54) is 13.2 Å². The highest BCUT2D eigenvalue weighted by molar-refractivity contribution is 5.57. The number of hydrogen-bond acceptors (Lipinski definition) is 5. The first kappa shape index (κ1) is 14.0. The highest BCUT2D eigenvalue weighted by Gasteiger charge is 2.31. The predicted octanol–water partition coefficient (Wildman–Crippen LogP) is 2.70. The van der Waals surface area contributed by atoms with Gasteiger partial charge in [0.15, 0.2) is 11.6 Å². The Labute approximate surface area is 122 Å². The van der Waals surface area contributed by atoms with Crippen molar-refractivity contribution in [3.8, 4) is 17.1 Å². The zero-order valence-corrected chi connectivity index (χ0v) is 11.9. The summed E-state index contributed by atoms with van der Waals surface area (Å²) in [6, 6.07) is 4.48. The summed E-state index contributed by atoms with van der Waals surface area (Å²) >= 11 is 0. The molecule has 0 spiro atoms. The minimum atomic E-state index is -0.420. The molecule has 1 aliphatic rings. The Kier molecular flexibility index (Phi) is 3.63. The van der Waals surface area contributed by atoms with E-state index in [1.54, 1.807) is 12.1 Å². The molecular formula is C15H18FN3O2. The van der Waals surface area contributed by atoms with E-state index in [0.29, 0.717) is 23.7 Å². The van der Waals surface area contributed by atoms with E-state index >= 15 is 0 Å². The van der Waals surface area contributed by atoms with Crippen LogP contribution in [0, 0.1) is 5.82 Å². The summed E-state index contributed by atoms with van der Waals surface area (Å²) in [5.41, 5.74) is 6.73. The normalized spacial score (nSPS) is 17.1. The molecule has 1 heterocycles. The van der Waals surface area contributed by atoms with Gasteiger partial charge in [0.1, 0.15) is 0 Å². The van der Waals surface area contributed by atoms with E-state index in [1.807, 2.05) is 0 Å². The van der Waals surface area contributed by atoms with Gasteiger partial charge < -0.3 is 15.0 Å². The summed E-state index contributed by atoms with van der Waals surface area (Å²) in [6.07, 6.45) is 4.84. The smallest absolute Gasteiger partial charge is 0.228 e. The maximum absolute atomic E-state index is 13.4. The molecule has 5 nitrogen and oxygen atoms in total. The fraction of sp³-hybridized carbons (Fsp3) is 0.467. The molecule has 0 bridgehead atoms. The lowest BCUT2D eigenvalue weighted by Crippen LogP contribution is -2.38. The van der Waals surface area contributed by atoms with Crippen molar-refractivity contribution < 1.29 is 13.7 Å². The van der Waals surface area contributed by atoms with Crippen LogP contribution in [0.1, 0.15) is 31.6 Å². The first-order chi connectivity index (χ1) is 10.1. The number of aromatic nitrogens is 2. The number of nitrogens with zero attached hydrogens (tertiary/aromatic N) is 2. The van der Waals surface area contributed by atoms with Crippen molar-refractivity contribution >= 4 is 0 Å². The van der Waals surface area contributed by atoms with Crippen molar-refractivity contribution in [3.63, 3.8) is 0 Å². The van der Waals surface area contributed by atoms with Crippen LogP contribution in [-0.4, -0.2) is 22.8 Å². The maximum atomic E-state index is 13.4. The predicted molar refractivity (Wildman–Crippen MR) is 75.3 cm³/mol. The summed E-state index contributed by atoms with van der Waals surface area (Å²) in [4.78, 5) is 4.36. The number of halogens is 1. The van der Waals surface area contributed by atoms with Gasteiger partial charge in [-0.25, -0.2) is 4.39 Å². The van der Waals surface area contributed by atoms with Gasteiger partial charge in [0.25, 0.3) is 0 Å². The molecule has 0 aliphatic heterocycles. The number of ether oxygens (including phenoxy) is 1. The van der Waals surface area contributed by atoms with Crippen LogP contribution in [-0.2, 0) is 6.42 Å². The molecule has 2 N–H and O–H groups in total. The minimum Gasteiger partial charge on any atom is -0.494 e. The van der Waals surface area contributed by atoms with Gasteiger partial charge in [0.2, 0.25) is 11.7 Å². The number of hydrogen-bond donors (Lipinski definition) is 1. The molecule has 2 aromatic rings. The van der Waals surface area contributed by atoms with Crippen LogP contribution >= 0.6 is 0 Å². The van der Waals surface area contributed by atoms with Crippen LogP contribution in [0.25, 0.3) is 11.4 Å².